The van der Waals surface area contributed by atoms with Gasteiger partial charge in [-0.2, -0.15) is 0 Å². The van der Waals surface area contributed by atoms with E-state index in [2.05, 4.69) is 5.32 Å². The van der Waals surface area contributed by atoms with Gasteiger partial charge in [0.1, 0.15) is 11.9 Å². The maximum absolute atomic E-state index is 13.5. The van der Waals surface area contributed by atoms with E-state index in [0.29, 0.717) is 10.6 Å². The molecule has 112 valence electrons. The number of nitrogens with one attached hydrogen (secondary N) is 1. The van der Waals surface area contributed by atoms with E-state index in [-0.39, 0.29) is 29.1 Å². The van der Waals surface area contributed by atoms with Gasteiger partial charge in [0.25, 0.3) is 5.91 Å². The number of benzene rings is 1. The fourth-order valence-electron chi connectivity index (χ4n) is 1.93. The highest BCUT2D eigenvalue weighted by Crippen LogP contribution is 2.27. The molecule has 0 saturated heterocycles. The van der Waals surface area contributed by atoms with Crippen molar-refractivity contribution < 1.29 is 14.5 Å². The first-order valence-corrected chi connectivity index (χ1v) is 7.27. The molecule has 20 heavy (non-hydrogen) atoms. The molecule has 0 bridgehead atoms. The number of nitrogens with two attached hydrogens (primary N) is 1. The largest absolute Gasteiger partial charge is 0.349 e. The zero-order chi connectivity index (χ0) is 15.4. The summed E-state index contributed by atoms with van der Waals surface area (Å²) in [5.41, 5.74) is 0.623. The van der Waals surface area contributed by atoms with Crippen molar-refractivity contribution in [1.29, 1.82) is 0 Å². The summed E-state index contributed by atoms with van der Waals surface area (Å²) < 4.78 is 13.5. The smallest absolute Gasteiger partial charge is 0.278 e. The van der Waals surface area contributed by atoms with E-state index in [4.69, 9.17) is 23.2 Å². The Bertz CT molecular complexity index is 494. The average molecular weight is 322 g/mol. The van der Waals surface area contributed by atoms with Crippen LogP contribution in [-0.2, 0) is 4.79 Å². The van der Waals surface area contributed by atoms with Gasteiger partial charge in [0.05, 0.1) is 10.0 Å². The normalized spacial score (nSPS) is 14.2. The van der Waals surface area contributed by atoms with Crippen molar-refractivity contribution in [2.24, 2.45) is 0 Å². The maximum atomic E-state index is 13.5. The van der Waals surface area contributed by atoms with Crippen LogP contribution in [0, 0.1) is 5.82 Å². The highest BCUT2D eigenvalue weighted by molar-refractivity contribution is 6.35. The summed E-state index contributed by atoms with van der Waals surface area (Å²) in [5, 5.41) is 5.07. The zero-order valence-corrected chi connectivity index (χ0v) is 13.5. The van der Waals surface area contributed by atoms with Crippen LogP contribution in [0.2, 0.25) is 10.0 Å². The first kappa shape index (κ1) is 17.2. The molecule has 1 rings (SSSR count). The first-order valence-electron chi connectivity index (χ1n) is 6.52. The van der Waals surface area contributed by atoms with E-state index in [1.165, 1.54) is 12.1 Å². The van der Waals surface area contributed by atoms with Crippen LogP contribution in [0.15, 0.2) is 12.1 Å². The second-order valence-electron chi connectivity index (χ2n) is 5.22. The summed E-state index contributed by atoms with van der Waals surface area (Å²) in [4.78, 5) is 11.9. The fraction of sp³-hybridized carbons (Fsp3) is 0.500. The van der Waals surface area contributed by atoms with Crippen molar-refractivity contribution in [2.45, 2.75) is 45.8 Å². The number of hydrogen-bond acceptors (Lipinski definition) is 1. The van der Waals surface area contributed by atoms with E-state index in [1.54, 1.807) is 6.92 Å². The fourth-order valence-corrected chi connectivity index (χ4v) is 2.48. The lowest BCUT2D eigenvalue weighted by Crippen LogP contribution is -2.92. The topological polar surface area (TPSA) is 45.7 Å². The van der Waals surface area contributed by atoms with Gasteiger partial charge in [-0.25, -0.2) is 4.39 Å². The zero-order valence-electron chi connectivity index (χ0n) is 12.0. The summed E-state index contributed by atoms with van der Waals surface area (Å²) in [6.45, 7) is 7.47. The van der Waals surface area contributed by atoms with Gasteiger partial charge in [0.2, 0.25) is 0 Å². The van der Waals surface area contributed by atoms with Gasteiger partial charge in [0.15, 0.2) is 6.04 Å². The molecule has 6 heteroatoms. The van der Waals surface area contributed by atoms with Crippen LogP contribution in [0.5, 0.6) is 0 Å². The van der Waals surface area contributed by atoms with E-state index in [1.807, 2.05) is 26.1 Å². The third kappa shape index (κ3) is 4.62. The molecule has 3 N–H and O–H groups in total. The molecule has 0 fully saturated rings. The first-order chi connectivity index (χ1) is 9.22. The SMILES string of the molecule is CC(C)NC(=O)[C@H](C)[NH2+][C@H](C)c1cc(F)c(Cl)cc1Cl. The number of halogens is 3. The minimum atomic E-state index is -0.509. The molecule has 0 aromatic heterocycles. The summed E-state index contributed by atoms with van der Waals surface area (Å²) in [5.74, 6) is -0.567. The van der Waals surface area contributed by atoms with Crippen LogP contribution in [0.1, 0.15) is 39.3 Å². The molecular formula is C14H20Cl2FN2O+. The van der Waals surface area contributed by atoms with Crippen molar-refractivity contribution in [3.63, 3.8) is 0 Å². The van der Waals surface area contributed by atoms with Crippen LogP contribution < -0.4 is 10.6 Å². The summed E-state index contributed by atoms with van der Waals surface area (Å²) in [6.07, 6.45) is 0. The predicted molar refractivity (Wildman–Crippen MR) is 79.5 cm³/mol. The third-order valence-corrected chi connectivity index (χ3v) is 3.57. The highest BCUT2D eigenvalue weighted by Gasteiger charge is 2.23. The molecule has 1 aromatic carbocycles. The van der Waals surface area contributed by atoms with E-state index in [9.17, 15) is 9.18 Å². The third-order valence-electron chi connectivity index (χ3n) is 2.95. The predicted octanol–water partition coefficient (Wildman–Crippen LogP) is 2.67. The second kappa shape index (κ2) is 7.25. The van der Waals surface area contributed by atoms with Crippen LogP contribution >= 0.6 is 23.2 Å². The Labute approximate surface area is 128 Å². The van der Waals surface area contributed by atoms with Crippen LogP contribution in [0.4, 0.5) is 4.39 Å². The minimum absolute atomic E-state index is 0.00320. The number of carbonyl (C=O) groups excluding carboxylic acids is 1. The molecule has 0 spiro atoms. The van der Waals surface area contributed by atoms with Gasteiger partial charge in [-0.15, -0.1) is 0 Å². The number of rotatable bonds is 5. The number of hydrogen-bond donors (Lipinski definition) is 2. The lowest BCUT2D eigenvalue weighted by molar-refractivity contribution is -0.710. The number of carbonyl (C=O) groups is 1. The molecule has 0 aliphatic carbocycles. The molecule has 3 nitrogen and oxygen atoms in total. The Hall–Kier alpha value is -0.840. The molecule has 0 aliphatic rings. The van der Waals surface area contributed by atoms with Gasteiger partial charge >= 0.3 is 0 Å². The summed E-state index contributed by atoms with van der Waals surface area (Å²) >= 11 is 11.7. The van der Waals surface area contributed by atoms with Gasteiger partial charge in [-0.05, 0) is 39.8 Å². The molecule has 0 heterocycles. The number of amides is 1. The van der Waals surface area contributed by atoms with Gasteiger partial charge < -0.3 is 10.6 Å². The molecule has 0 saturated carbocycles. The minimum Gasteiger partial charge on any atom is -0.349 e. The van der Waals surface area contributed by atoms with Crippen molar-refractivity contribution in [1.82, 2.24) is 5.32 Å². The van der Waals surface area contributed by atoms with Crippen molar-refractivity contribution >= 4 is 29.1 Å². The molecule has 2 atom stereocenters. The van der Waals surface area contributed by atoms with Gasteiger partial charge in [-0.1, -0.05) is 23.2 Å². The monoisotopic (exact) mass is 321 g/mol. The lowest BCUT2D eigenvalue weighted by Gasteiger charge is -2.19. The van der Waals surface area contributed by atoms with Crippen molar-refractivity contribution in [2.75, 3.05) is 0 Å². The Kier molecular flexibility index (Phi) is 6.24. The highest BCUT2D eigenvalue weighted by atomic mass is 35.5. The van der Waals surface area contributed by atoms with Crippen molar-refractivity contribution in [3.05, 3.63) is 33.6 Å². The van der Waals surface area contributed by atoms with E-state index >= 15 is 0 Å². The molecule has 0 unspecified atom stereocenters. The molecule has 1 aromatic rings. The van der Waals surface area contributed by atoms with Crippen molar-refractivity contribution in [3.8, 4) is 0 Å². The molecule has 1 amide bonds. The van der Waals surface area contributed by atoms with Gasteiger partial charge in [-0.3, -0.25) is 4.79 Å². The maximum Gasteiger partial charge on any atom is 0.278 e. The van der Waals surface area contributed by atoms with Gasteiger partial charge in [0, 0.05) is 11.6 Å². The van der Waals surface area contributed by atoms with Crippen LogP contribution in [-0.4, -0.2) is 18.0 Å². The quantitative estimate of drug-likeness (QED) is 0.805. The second-order valence-corrected chi connectivity index (χ2v) is 6.04. The number of quaternary nitrogens is 1. The Balaban J connectivity index is 2.78. The van der Waals surface area contributed by atoms with E-state index < -0.39 is 5.82 Å². The Morgan fingerprint density at radius 3 is 2.35 bits per heavy atom. The average Bonchev–Trinajstić information content (AvgIpc) is 2.32. The molecule has 0 radical (unpaired) electrons. The van der Waals surface area contributed by atoms with Crippen LogP contribution in [0.25, 0.3) is 0 Å². The van der Waals surface area contributed by atoms with Crippen LogP contribution in [0.3, 0.4) is 0 Å². The Morgan fingerprint density at radius 1 is 1.20 bits per heavy atom. The van der Waals surface area contributed by atoms with E-state index in [0.717, 1.165) is 0 Å². The summed E-state index contributed by atoms with van der Waals surface area (Å²) in [7, 11) is 0. The summed E-state index contributed by atoms with van der Waals surface area (Å²) in [6, 6.07) is 2.35. The molecular weight excluding hydrogens is 302 g/mol. The molecule has 0 aliphatic heterocycles. The Morgan fingerprint density at radius 2 is 1.80 bits per heavy atom. The lowest BCUT2D eigenvalue weighted by atomic mass is 10.1. The standard InChI is InChI=1S/C14H19Cl2FN2O/c1-7(2)18-14(20)9(4)19-8(3)10-5-13(17)12(16)6-11(10)15/h5-9,19H,1-4H3,(H,18,20)/p+1/t8-,9+/m1/s1.